The van der Waals surface area contributed by atoms with E-state index < -0.39 is 32.8 Å². The van der Waals surface area contributed by atoms with E-state index in [1.165, 1.54) is 24.3 Å². The lowest BCUT2D eigenvalue weighted by Crippen LogP contribution is -2.42. The molecule has 1 fully saturated rings. The zero-order chi connectivity index (χ0) is 21.1. The summed E-state index contributed by atoms with van der Waals surface area (Å²) < 4.78 is 58.8. The van der Waals surface area contributed by atoms with Gasteiger partial charge in [0.05, 0.1) is 31.1 Å². The van der Waals surface area contributed by atoms with Crippen LogP contribution in [0.25, 0.3) is 0 Å². The van der Waals surface area contributed by atoms with E-state index in [1.807, 2.05) is 6.92 Å². The van der Waals surface area contributed by atoms with Crippen molar-refractivity contribution in [3.63, 3.8) is 0 Å². The standard InChI is InChI=1S/C20H26FNO6S/c1-3-5-14-12-15(21)6-7-17(14)22-29(24,25)18-8-9-20(27-10-11-28-20)13-16(18)19(23)26-4-2/h6-7,12-13,18,22H,3-5,8-11H2,1-2H3. The highest BCUT2D eigenvalue weighted by Crippen LogP contribution is 2.37. The van der Waals surface area contributed by atoms with Crippen molar-refractivity contribution >= 4 is 21.7 Å². The van der Waals surface area contributed by atoms with E-state index in [4.69, 9.17) is 14.2 Å². The zero-order valence-corrected chi connectivity index (χ0v) is 17.4. The number of benzene rings is 1. The van der Waals surface area contributed by atoms with Crippen molar-refractivity contribution in [1.82, 2.24) is 0 Å². The predicted octanol–water partition coefficient (Wildman–Crippen LogP) is 2.91. The number of nitrogens with one attached hydrogen (secondary N) is 1. The highest BCUT2D eigenvalue weighted by Gasteiger charge is 2.46. The van der Waals surface area contributed by atoms with Crippen LogP contribution >= 0.6 is 0 Å². The Morgan fingerprint density at radius 3 is 2.69 bits per heavy atom. The molecule has 1 atom stereocenters. The van der Waals surface area contributed by atoms with Crippen LogP contribution in [0.4, 0.5) is 10.1 Å². The van der Waals surface area contributed by atoms with Crippen molar-refractivity contribution in [3.05, 3.63) is 41.2 Å². The highest BCUT2D eigenvalue weighted by molar-refractivity contribution is 7.93. The molecule has 1 N–H and O–H groups in total. The molecular formula is C20H26FNO6S. The SMILES string of the molecule is CCCc1cc(F)ccc1NS(=O)(=O)C1CCC2(C=C1C(=O)OCC)OCCO2. The molecule has 1 saturated heterocycles. The summed E-state index contributed by atoms with van der Waals surface area (Å²) in [6, 6.07) is 3.92. The quantitative estimate of drug-likeness (QED) is 0.673. The minimum Gasteiger partial charge on any atom is -0.463 e. The first-order valence-electron chi connectivity index (χ1n) is 9.78. The third kappa shape index (κ3) is 4.79. The first-order chi connectivity index (χ1) is 13.8. The highest BCUT2D eigenvalue weighted by atomic mass is 32.2. The van der Waals surface area contributed by atoms with E-state index in [-0.39, 0.29) is 18.6 Å². The number of ether oxygens (including phenoxy) is 3. The summed E-state index contributed by atoms with van der Waals surface area (Å²) in [6.07, 6.45) is 3.11. The van der Waals surface area contributed by atoms with E-state index in [0.29, 0.717) is 37.3 Å². The van der Waals surface area contributed by atoms with E-state index in [9.17, 15) is 17.6 Å². The van der Waals surface area contributed by atoms with Crippen molar-refractivity contribution in [1.29, 1.82) is 0 Å². The van der Waals surface area contributed by atoms with E-state index in [0.717, 1.165) is 6.42 Å². The largest absolute Gasteiger partial charge is 0.463 e. The van der Waals surface area contributed by atoms with Gasteiger partial charge in [-0.1, -0.05) is 13.3 Å². The Labute approximate surface area is 170 Å². The fraction of sp³-hybridized carbons (Fsp3) is 0.550. The van der Waals surface area contributed by atoms with E-state index in [1.54, 1.807) is 6.92 Å². The van der Waals surface area contributed by atoms with E-state index in [2.05, 4.69) is 4.72 Å². The number of rotatable bonds is 7. The molecule has 1 unspecified atom stereocenters. The molecule has 1 spiro atoms. The third-order valence-electron chi connectivity index (χ3n) is 4.98. The van der Waals surface area contributed by atoms with Crippen molar-refractivity contribution in [2.45, 2.75) is 50.6 Å². The molecule has 0 saturated carbocycles. The van der Waals surface area contributed by atoms with Crippen molar-refractivity contribution in [2.75, 3.05) is 24.5 Å². The molecule has 1 aromatic carbocycles. The smallest absolute Gasteiger partial charge is 0.335 e. The lowest BCUT2D eigenvalue weighted by Gasteiger charge is -2.33. The lowest BCUT2D eigenvalue weighted by atomic mass is 9.94. The van der Waals surface area contributed by atoms with Gasteiger partial charge in [0, 0.05) is 6.42 Å². The number of carbonyl (C=O) groups is 1. The van der Waals surface area contributed by atoms with Gasteiger partial charge in [-0.3, -0.25) is 4.72 Å². The molecule has 160 valence electrons. The molecular weight excluding hydrogens is 401 g/mol. The Hall–Kier alpha value is -1.97. The summed E-state index contributed by atoms with van der Waals surface area (Å²) in [7, 11) is -4.00. The lowest BCUT2D eigenvalue weighted by molar-refractivity contribution is -0.143. The Bertz CT molecular complexity index is 892. The molecule has 0 amide bonds. The molecule has 0 bridgehead atoms. The molecule has 1 aliphatic carbocycles. The first kappa shape index (κ1) is 21.7. The number of hydrogen-bond donors (Lipinski definition) is 1. The molecule has 29 heavy (non-hydrogen) atoms. The summed E-state index contributed by atoms with van der Waals surface area (Å²) in [5.74, 6) is -2.23. The second-order valence-corrected chi connectivity index (χ2v) is 8.92. The third-order valence-corrected chi connectivity index (χ3v) is 6.72. The normalized spacial score (nSPS) is 21.1. The fourth-order valence-corrected chi connectivity index (χ4v) is 5.25. The maximum absolute atomic E-state index is 13.6. The van der Waals surface area contributed by atoms with Gasteiger partial charge in [-0.15, -0.1) is 0 Å². The number of carbonyl (C=O) groups excluding carboxylic acids is 1. The van der Waals surface area contributed by atoms with Gasteiger partial charge >= 0.3 is 5.97 Å². The van der Waals surface area contributed by atoms with Crippen molar-refractivity contribution in [2.24, 2.45) is 0 Å². The van der Waals surface area contributed by atoms with Crippen LogP contribution in [0.1, 0.15) is 38.7 Å². The molecule has 2 aliphatic rings. The Kier molecular flexibility index (Phi) is 6.60. The van der Waals surface area contributed by atoms with Crippen LogP contribution in [0.5, 0.6) is 0 Å². The van der Waals surface area contributed by atoms with Crippen LogP contribution in [-0.4, -0.2) is 45.2 Å². The number of esters is 1. The number of anilines is 1. The van der Waals surface area contributed by atoms with Crippen molar-refractivity contribution in [3.8, 4) is 0 Å². The molecule has 1 heterocycles. The van der Waals surface area contributed by atoms with Gasteiger partial charge in [0.1, 0.15) is 11.1 Å². The van der Waals surface area contributed by atoms with Gasteiger partial charge < -0.3 is 14.2 Å². The summed E-state index contributed by atoms with van der Waals surface area (Å²) in [5, 5.41) is -1.13. The first-order valence-corrected chi connectivity index (χ1v) is 11.3. The summed E-state index contributed by atoms with van der Waals surface area (Å²) in [5.41, 5.74) is 0.865. The second-order valence-electron chi connectivity index (χ2n) is 7.05. The van der Waals surface area contributed by atoms with Gasteiger partial charge in [0.15, 0.2) is 5.79 Å². The average molecular weight is 427 g/mol. The maximum atomic E-state index is 13.6. The monoisotopic (exact) mass is 427 g/mol. The Morgan fingerprint density at radius 1 is 1.31 bits per heavy atom. The number of sulfonamides is 1. The topological polar surface area (TPSA) is 90.9 Å². The molecule has 0 aromatic heterocycles. The maximum Gasteiger partial charge on any atom is 0.335 e. The number of hydrogen-bond acceptors (Lipinski definition) is 6. The van der Waals surface area contributed by atoms with E-state index >= 15 is 0 Å². The second kappa shape index (κ2) is 8.81. The molecule has 7 nitrogen and oxygen atoms in total. The van der Waals surface area contributed by atoms with Crippen LogP contribution in [0, 0.1) is 5.82 Å². The molecule has 1 aromatic rings. The van der Waals surface area contributed by atoms with Crippen LogP contribution in [0.15, 0.2) is 29.8 Å². The van der Waals surface area contributed by atoms with Gasteiger partial charge in [-0.2, -0.15) is 0 Å². The molecule has 9 heteroatoms. The summed E-state index contributed by atoms with van der Waals surface area (Å²) in [4.78, 5) is 12.5. The molecule has 0 radical (unpaired) electrons. The van der Waals surface area contributed by atoms with Gasteiger partial charge in [-0.05, 0) is 49.6 Å². The van der Waals surface area contributed by atoms with Gasteiger partial charge in [-0.25, -0.2) is 17.6 Å². The van der Waals surface area contributed by atoms with Crippen LogP contribution in [-0.2, 0) is 35.4 Å². The van der Waals surface area contributed by atoms with Gasteiger partial charge in [0.25, 0.3) is 0 Å². The zero-order valence-electron chi connectivity index (χ0n) is 16.6. The molecule has 1 aliphatic heterocycles. The predicted molar refractivity (Wildman–Crippen MR) is 105 cm³/mol. The van der Waals surface area contributed by atoms with Crippen LogP contribution < -0.4 is 4.72 Å². The molecule has 3 rings (SSSR count). The van der Waals surface area contributed by atoms with Crippen LogP contribution in [0.3, 0.4) is 0 Å². The minimum atomic E-state index is -4.00. The summed E-state index contributed by atoms with van der Waals surface area (Å²) in [6.45, 7) is 4.43. The van der Waals surface area contributed by atoms with Crippen LogP contribution in [0.2, 0.25) is 0 Å². The Balaban J connectivity index is 1.93. The number of halogens is 1. The minimum absolute atomic E-state index is 0.00773. The van der Waals surface area contributed by atoms with Crippen molar-refractivity contribution < 1.29 is 31.8 Å². The number of aryl methyl sites for hydroxylation is 1. The Morgan fingerprint density at radius 2 is 2.03 bits per heavy atom. The average Bonchev–Trinajstić information content (AvgIpc) is 3.12. The van der Waals surface area contributed by atoms with Gasteiger partial charge in [0.2, 0.25) is 10.0 Å². The summed E-state index contributed by atoms with van der Waals surface area (Å²) >= 11 is 0. The fourth-order valence-electron chi connectivity index (χ4n) is 3.68.